The smallest absolute Gasteiger partial charge is 0.324 e. The minimum absolute atomic E-state index is 0.235. The van der Waals surface area contributed by atoms with Crippen LogP contribution in [0.1, 0.15) is 10.6 Å². The van der Waals surface area contributed by atoms with Crippen LogP contribution in [-0.4, -0.2) is 24.8 Å². The molecule has 0 fully saturated rings. The largest absolute Gasteiger partial charge is 0.444 e. The molecule has 0 saturated carbocycles. The minimum Gasteiger partial charge on any atom is -0.444 e. The van der Waals surface area contributed by atoms with Gasteiger partial charge in [0.1, 0.15) is 0 Å². The number of carbonyl (C=O) groups excluding carboxylic acids is 1. The van der Waals surface area contributed by atoms with Gasteiger partial charge in [-0.05, 0) is 28.1 Å². The molecule has 0 aliphatic rings. The number of nitrogens with one attached hydrogen (secondary N) is 1. The van der Waals surface area contributed by atoms with Gasteiger partial charge >= 0.3 is 12.3 Å². The van der Waals surface area contributed by atoms with Gasteiger partial charge in [0, 0.05) is 0 Å². The van der Waals surface area contributed by atoms with Gasteiger partial charge in [0.15, 0.2) is 10.4 Å². The van der Waals surface area contributed by atoms with Crippen LogP contribution in [-0.2, 0) is 0 Å². The standard InChI is InChI=1S/C8H6BrF4NO2/c9-5-2-1-4(16-5)6(15)14-3-8(12,13)7(10)11/h1-2,7H,3H2,(H,14,15). The molecule has 1 aromatic heterocycles. The maximum absolute atomic E-state index is 12.4. The molecular formula is C8H6BrF4NO2. The quantitative estimate of drug-likeness (QED) is 0.869. The molecule has 1 aromatic rings. The zero-order valence-corrected chi connectivity index (χ0v) is 9.23. The molecule has 0 aromatic carbocycles. The van der Waals surface area contributed by atoms with E-state index in [1.165, 1.54) is 12.1 Å². The zero-order chi connectivity index (χ0) is 12.3. The highest BCUT2D eigenvalue weighted by atomic mass is 79.9. The van der Waals surface area contributed by atoms with Crippen LogP contribution in [0.3, 0.4) is 0 Å². The molecule has 0 bridgehead atoms. The lowest BCUT2D eigenvalue weighted by Crippen LogP contribution is -2.41. The highest BCUT2D eigenvalue weighted by molar-refractivity contribution is 9.10. The van der Waals surface area contributed by atoms with Gasteiger partial charge in [-0.15, -0.1) is 0 Å². The average Bonchev–Trinajstić information content (AvgIpc) is 2.61. The summed E-state index contributed by atoms with van der Waals surface area (Å²) in [4.78, 5) is 11.1. The van der Waals surface area contributed by atoms with E-state index in [9.17, 15) is 22.4 Å². The van der Waals surface area contributed by atoms with E-state index in [-0.39, 0.29) is 10.4 Å². The monoisotopic (exact) mass is 303 g/mol. The third-order valence-electron chi connectivity index (χ3n) is 1.60. The normalized spacial score (nSPS) is 11.9. The molecular weight excluding hydrogens is 298 g/mol. The fourth-order valence-corrected chi connectivity index (χ4v) is 1.11. The van der Waals surface area contributed by atoms with Gasteiger partial charge in [0.2, 0.25) is 0 Å². The average molecular weight is 304 g/mol. The zero-order valence-electron chi connectivity index (χ0n) is 7.65. The summed E-state index contributed by atoms with van der Waals surface area (Å²) in [6, 6.07) is 2.60. The van der Waals surface area contributed by atoms with Crippen LogP contribution in [0.4, 0.5) is 17.6 Å². The van der Waals surface area contributed by atoms with Gasteiger partial charge < -0.3 is 9.73 Å². The summed E-state index contributed by atoms with van der Waals surface area (Å²) in [6.45, 7) is -1.44. The third kappa shape index (κ3) is 3.22. The maximum atomic E-state index is 12.4. The number of halogens is 5. The summed E-state index contributed by atoms with van der Waals surface area (Å²) in [5.74, 6) is -5.47. The number of hydrogen-bond donors (Lipinski definition) is 1. The van der Waals surface area contributed by atoms with Gasteiger partial charge in [-0.1, -0.05) is 0 Å². The van der Waals surface area contributed by atoms with E-state index in [0.29, 0.717) is 0 Å². The summed E-state index contributed by atoms with van der Waals surface area (Å²) in [6.07, 6.45) is -3.82. The Morgan fingerprint density at radius 3 is 2.56 bits per heavy atom. The summed E-state index contributed by atoms with van der Waals surface area (Å²) in [5, 5.41) is 1.65. The summed E-state index contributed by atoms with van der Waals surface area (Å²) in [5.41, 5.74) is 0. The van der Waals surface area contributed by atoms with Crippen molar-refractivity contribution in [1.82, 2.24) is 5.32 Å². The fraction of sp³-hybridized carbons (Fsp3) is 0.375. The molecule has 0 aliphatic carbocycles. The molecule has 1 rings (SSSR count). The summed E-state index contributed by atoms with van der Waals surface area (Å²) >= 11 is 2.90. The Labute approximate surface area is 95.9 Å². The predicted octanol–water partition coefficient (Wildman–Crippen LogP) is 2.67. The van der Waals surface area contributed by atoms with Crippen molar-refractivity contribution in [3.8, 4) is 0 Å². The van der Waals surface area contributed by atoms with Crippen molar-refractivity contribution < 1.29 is 26.8 Å². The predicted molar refractivity (Wildman–Crippen MR) is 49.7 cm³/mol. The van der Waals surface area contributed by atoms with Gasteiger partial charge in [-0.25, -0.2) is 8.78 Å². The van der Waals surface area contributed by atoms with Crippen molar-refractivity contribution in [2.75, 3.05) is 6.54 Å². The van der Waals surface area contributed by atoms with Gasteiger partial charge in [0.25, 0.3) is 5.91 Å². The van der Waals surface area contributed by atoms with Crippen LogP contribution >= 0.6 is 15.9 Å². The molecule has 0 spiro atoms. The van der Waals surface area contributed by atoms with Gasteiger partial charge in [0.05, 0.1) is 6.54 Å². The molecule has 90 valence electrons. The Hall–Kier alpha value is -1.05. The van der Waals surface area contributed by atoms with Crippen molar-refractivity contribution >= 4 is 21.8 Å². The lowest BCUT2D eigenvalue weighted by molar-refractivity contribution is -0.123. The van der Waals surface area contributed by atoms with E-state index in [2.05, 4.69) is 15.9 Å². The number of furan rings is 1. The van der Waals surface area contributed by atoms with Crippen LogP contribution in [0.2, 0.25) is 0 Å². The van der Waals surface area contributed by atoms with Crippen molar-refractivity contribution in [1.29, 1.82) is 0 Å². The molecule has 0 radical (unpaired) electrons. The van der Waals surface area contributed by atoms with Gasteiger partial charge in [-0.2, -0.15) is 8.78 Å². The SMILES string of the molecule is O=C(NCC(F)(F)C(F)F)c1ccc(Br)o1. The molecule has 8 heteroatoms. The van der Waals surface area contributed by atoms with Crippen LogP contribution in [0.5, 0.6) is 0 Å². The molecule has 0 aliphatic heterocycles. The third-order valence-corrected chi connectivity index (χ3v) is 2.03. The Morgan fingerprint density at radius 2 is 2.12 bits per heavy atom. The molecule has 1 heterocycles. The second-order valence-corrected chi connectivity index (χ2v) is 3.63. The Morgan fingerprint density at radius 1 is 1.50 bits per heavy atom. The highest BCUT2D eigenvalue weighted by Crippen LogP contribution is 2.21. The van der Waals surface area contributed by atoms with Crippen molar-refractivity contribution in [3.63, 3.8) is 0 Å². The van der Waals surface area contributed by atoms with E-state index in [1.54, 1.807) is 5.32 Å². The maximum Gasteiger partial charge on any atom is 0.324 e. The molecule has 1 N–H and O–H groups in total. The number of alkyl halides is 4. The molecule has 3 nitrogen and oxygen atoms in total. The second kappa shape index (κ2) is 4.86. The van der Waals surface area contributed by atoms with Crippen molar-refractivity contribution in [2.45, 2.75) is 12.3 Å². The first kappa shape index (κ1) is 13.0. The van der Waals surface area contributed by atoms with E-state index < -0.39 is 24.8 Å². The second-order valence-electron chi connectivity index (χ2n) is 2.85. The van der Waals surface area contributed by atoms with E-state index in [1.807, 2.05) is 0 Å². The van der Waals surface area contributed by atoms with Gasteiger partial charge in [-0.3, -0.25) is 4.79 Å². The van der Waals surface area contributed by atoms with Crippen molar-refractivity contribution in [2.24, 2.45) is 0 Å². The first-order chi connectivity index (χ1) is 7.33. The lowest BCUT2D eigenvalue weighted by Gasteiger charge is -2.14. The molecule has 0 atom stereocenters. The molecule has 16 heavy (non-hydrogen) atoms. The Balaban J connectivity index is 2.54. The first-order valence-corrected chi connectivity index (χ1v) is 4.82. The number of hydrogen-bond acceptors (Lipinski definition) is 2. The van der Waals surface area contributed by atoms with Crippen LogP contribution in [0.25, 0.3) is 0 Å². The van der Waals surface area contributed by atoms with Crippen LogP contribution < -0.4 is 5.32 Å². The van der Waals surface area contributed by atoms with E-state index in [4.69, 9.17) is 4.42 Å². The fourth-order valence-electron chi connectivity index (χ4n) is 0.799. The number of carbonyl (C=O) groups is 1. The Kier molecular flexibility index (Phi) is 3.95. The lowest BCUT2D eigenvalue weighted by atomic mass is 10.3. The van der Waals surface area contributed by atoms with Crippen molar-refractivity contribution in [3.05, 3.63) is 22.6 Å². The Bertz CT molecular complexity index is 380. The number of amides is 1. The van der Waals surface area contributed by atoms with E-state index in [0.717, 1.165) is 0 Å². The van der Waals surface area contributed by atoms with Crippen LogP contribution in [0, 0.1) is 0 Å². The topological polar surface area (TPSA) is 42.2 Å². The minimum atomic E-state index is -4.25. The summed E-state index contributed by atoms with van der Waals surface area (Å²) in [7, 11) is 0. The molecule has 0 unspecified atom stereocenters. The number of rotatable bonds is 4. The molecule has 0 saturated heterocycles. The van der Waals surface area contributed by atoms with E-state index >= 15 is 0 Å². The van der Waals surface area contributed by atoms with Crippen LogP contribution in [0.15, 0.2) is 21.2 Å². The summed E-state index contributed by atoms with van der Waals surface area (Å²) < 4.78 is 53.3. The molecule has 1 amide bonds. The highest BCUT2D eigenvalue weighted by Gasteiger charge is 2.41. The first-order valence-electron chi connectivity index (χ1n) is 4.02.